The average molecular weight is 310 g/mol. The molecule has 1 atom stereocenters. The van der Waals surface area contributed by atoms with Crippen molar-refractivity contribution in [2.24, 2.45) is 5.92 Å². The average Bonchev–Trinajstić information content (AvgIpc) is 2.41. The number of piperazine rings is 1. The lowest BCUT2D eigenvalue weighted by molar-refractivity contribution is -0.126. The second kappa shape index (κ2) is 6.15. The molecule has 1 saturated heterocycles. The molecule has 1 amide bonds. The van der Waals surface area contributed by atoms with Crippen molar-refractivity contribution in [3.05, 3.63) is 29.8 Å². The molecule has 21 heavy (non-hydrogen) atoms. The SMILES string of the molecule is CC(C)Cc1ccc(S(=O)(=O)N2CCNC(=O)C2C)cc1. The lowest BCUT2D eigenvalue weighted by Crippen LogP contribution is -2.55. The molecule has 0 aliphatic carbocycles. The molecule has 1 unspecified atom stereocenters. The molecule has 2 rings (SSSR count). The number of amides is 1. The van der Waals surface area contributed by atoms with Crippen LogP contribution in [0.4, 0.5) is 0 Å². The maximum absolute atomic E-state index is 12.6. The standard InChI is InChI=1S/C15H22N2O3S/c1-11(2)10-13-4-6-14(7-5-13)21(19,20)17-9-8-16-15(18)12(17)3/h4-7,11-12H,8-10H2,1-3H3,(H,16,18). The van der Waals surface area contributed by atoms with Crippen molar-refractivity contribution in [2.75, 3.05) is 13.1 Å². The third-order valence-corrected chi connectivity index (χ3v) is 5.60. The van der Waals surface area contributed by atoms with E-state index in [9.17, 15) is 13.2 Å². The molecule has 0 bridgehead atoms. The summed E-state index contributed by atoms with van der Waals surface area (Å²) in [4.78, 5) is 11.9. The van der Waals surface area contributed by atoms with Crippen LogP contribution in [0, 0.1) is 5.92 Å². The highest BCUT2D eigenvalue weighted by Gasteiger charge is 2.35. The summed E-state index contributed by atoms with van der Waals surface area (Å²) in [6.45, 7) is 6.52. The van der Waals surface area contributed by atoms with Gasteiger partial charge in [0.05, 0.1) is 4.90 Å². The van der Waals surface area contributed by atoms with E-state index in [-0.39, 0.29) is 10.8 Å². The van der Waals surface area contributed by atoms with E-state index in [0.29, 0.717) is 19.0 Å². The van der Waals surface area contributed by atoms with Crippen molar-refractivity contribution in [3.63, 3.8) is 0 Å². The molecule has 0 spiro atoms. The number of sulfonamides is 1. The number of carbonyl (C=O) groups is 1. The van der Waals surface area contributed by atoms with Gasteiger partial charge in [-0.15, -0.1) is 0 Å². The van der Waals surface area contributed by atoms with Crippen LogP contribution in [0.1, 0.15) is 26.3 Å². The first-order chi connectivity index (χ1) is 9.82. The molecule has 0 aromatic heterocycles. The quantitative estimate of drug-likeness (QED) is 0.914. The van der Waals surface area contributed by atoms with E-state index in [4.69, 9.17) is 0 Å². The zero-order valence-corrected chi connectivity index (χ0v) is 13.5. The van der Waals surface area contributed by atoms with Gasteiger partial charge in [-0.05, 0) is 37.0 Å². The van der Waals surface area contributed by atoms with Gasteiger partial charge in [-0.25, -0.2) is 8.42 Å². The van der Waals surface area contributed by atoms with Crippen molar-refractivity contribution in [1.82, 2.24) is 9.62 Å². The summed E-state index contributed by atoms with van der Waals surface area (Å²) in [6.07, 6.45) is 0.919. The van der Waals surface area contributed by atoms with Crippen molar-refractivity contribution >= 4 is 15.9 Å². The topological polar surface area (TPSA) is 66.5 Å². The Morgan fingerprint density at radius 2 is 1.90 bits per heavy atom. The first-order valence-corrected chi connectivity index (χ1v) is 8.65. The van der Waals surface area contributed by atoms with Gasteiger partial charge < -0.3 is 5.32 Å². The molecule has 0 radical (unpaired) electrons. The molecule has 1 N–H and O–H groups in total. The number of hydrogen-bond acceptors (Lipinski definition) is 3. The first kappa shape index (κ1) is 16.0. The van der Waals surface area contributed by atoms with Gasteiger partial charge >= 0.3 is 0 Å². The Kier molecular flexibility index (Phi) is 4.68. The Hall–Kier alpha value is -1.40. The molecule has 0 saturated carbocycles. The summed E-state index contributed by atoms with van der Waals surface area (Å²) in [5.74, 6) is 0.277. The van der Waals surface area contributed by atoms with E-state index in [1.165, 1.54) is 4.31 Å². The van der Waals surface area contributed by atoms with Crippen molar-refractivity contribution in [3.8, 4) is 0 Å². The lowest BCUT2D eigenvalue weighted by Gasteiger charge is -2.31. The van der Waals surface area contributed by atoms with Gasteiger partial charge in [-0.1, -0.05) is 26.0 Å². The first-order valence-electron chi connectivity index (χ1n) is 7.21. The molecule has 6 heteroatoms. The number of carbonyl (C=O) groups excluding carboxylic acids is 1. The molecule has 5 nitrogen and oxygen atoms in total. The van der Waals surface area contributed by atoms with Gasteiger partial charge in [0.15, 0.2) is 0 Å². The Bertz CT molecular complexity index is 608. The number of nitrogens with zero attached hydrogens (tertiary/aromatic N) is 1. The summed E-state index contributed by atoms with van der Waals surface area (Å²) in [7, 11) is -3.62. The van der Waals surface area contributed by atoms with Crippen molar-refractivity contribution in [2.45, 2.75) is 38.1 Å². The molecule has 116 valence electrons. The molecule has 1 aliphatic rings. The number of nitrogens with one attached hydrogen (secondary N) is 1. The Morgan fingerprint density at radius 1 is 1.29 bits per heavy atom. The molecule has 1 fully saturated rings. The van der Waals surface area contributed by atoms with Gasteiger partial charge in [-0.2, -0.15) is 4.31 Å². The zero-order valence-electron chi connectivity index (χ0n) is 12.7. The summed E-state index contributed by atoms with van der Waals surface area (Å²) in [5, 5.41) is 2.67. The summed E-state index contributed by atoms with van der Waals surface area (Å²) >= 11 is 0. The predicted molar refractivity (Wildman–Crippen MR) is 81.3 cm³/mol. The maximum Gasteiger partial charge on any atom is 0.243 e. The van der Waals surface area contributed by atoms with Crippen molar-refractivity contribution < 1.29 is 13.2 Å². The number of hydrogen-bond donors (Lipinski definition) is 1. The minimum atomic E-state index is -3.62. The predicted octanol–water partition coefficient (Wildman–Crippen LogP) is 1.39. The van der Waals surface area contributed by atoms with Crippen LogP contribution in [0.25, 0.3) is 0 Å². The Balaban J connectivity index is 2.25. The van der Waals surface area contributed by atoms with E-state index in [1.54, 1.807) is 19.1 Å². The van der Waals surface area contributed by atoms with Crippen LogP contribution in [0.5, 0.6) is 0 Å². The van der Waals surface area contributed by atoms with E-state index >= 15 is 0 Å². The van der Waals surface area contributed by atoms with Crippen molar-refractivity contribution in [1.29, 1.82) is 0 Å². The Morgan fingerprint density at radius 3 is 2.48 bits per heavy atom. The third-order valence-electron chi connectivity index (χ3n) is 3.62. The van der Waals surface area contributed by atoms with E-state index in [2.05, 4.69) is 19.2 Å². The normalized spacial score (nSPS) is 20.6. The maximum atomic E-state index is 12.6. The second-order valence-electron chi connectivity index (χ2n) is 5.82. The minimum absolute atomic E-state index is 0.247. The molecule has 1 heterocycles. The van der Waals surface area contributed by atoms with Gasteiger partial charge in [0.25, 0.3) is 0 Å². The van der Waals surface area contributed by atoms with Gasteiger partial charge in [0.1, 0.15) is 6.04 Å². The van der Waals surface area contributed by atoms with Crippen LogP contribution in [-0.2, 0) is 21.2 Å². The molecule has 1 aliphatic heterocycles. The highest BCUT2D eigenvalue weighted by atomic mass is 32.2. The number of rotatable bonds is 4. The fourth-order valence-electron chi connectivity index (χ4n) is 2.49. The number of benzene rings is 1. The van der Waals surface area contributed by atoms with E-state index < -0.39 is 16.1 Å². The largest absolute Gasteiger partial charge is 0.353 e. The molecule has 1 aromatic rings. The molecule has 1 aromatic carbocycles. The third kappa shape index (κ3) is 3.44. The molecular formula is C15H22N2O3S. The van der Waals surface area contributed by atoms with Crippen LogP contribution in [0.3, 0.4) is 0 Å². The van der Waals surface area contributed by atoms with Gasteiger partial charge in [-0.3, -0.25) is 4.79 Å². The fraction of sp³-hybridized carbons (Fsp3) is 0.533. The van der Waals surface area contributed by atoms with Crippen LogP contribution in [0.15, 0.2) is 29.2 Å². The Labute approximate surface area is 126 Å². The van der Waals surface area contributed by atoms with Crippen LogP contribution >= 0.6 is 0 Å². The van der Waals surface area contributed by atoms with Crippen LogP contribution in [0.2, 0.25) is 0 Å². The smallest absolute Gasteiger partial charge is 0.243 e. The second-order valence-corrected chi connectivity index (χ2v) is 7.72. The summed E-state index contributed by atoms with van der Waals surface area (Å²) < 4.78 is 26.5. The molecular weight excluding hydrogens is 288 g/mol. The highest BCUT2D eigenvalue weighted by Crippen LogP contribution is 2.21. The monoisotopic (exact) mass is 310 g/mol. The zero-order chi connectivity index (χ0) is 15.6. The van der Waals surface area contributed by atoms with Crippen LogP contribution < -0.4 is 5.32 Å². The lowest BCUT2D eigenvalue weighted by atomic mass is 10.0. The minimum Gasteiger partial charge on any atom is -0.353 e. The fourth-order valence-corrected chi connectivity index (χ4v) is 4.09. The van der Waals surface area contributed by atoms with Gasteiger partial charge in [0, 0.05) is 13.1 Å². The summed E-state index contributed by atoms with van der Waals surface area (Å²) in [6, 6.07) is 6.29. The van der Waals surface area contributed by atoms with Crippen LogP contribution in [-0.4, -0.2) is 37.8 Å². The van der Waals surface area contributed by atoms with Gasteiger partial charge in [0.2, 0.25) is 15.9 Å². The highest BCUT2D eigenvalue weighted by molar-refractivity contribution is 7.89. The summed E-state index contributed by atoms with van der Waals surface area (Å²) in [5.41, 5.74) is 1.12. The van der Waals surface area contributed by atoms with E-state index in [1.807, 2.05) is 12.1 Å². The van der Waals surface area contributed by atoms with E-state index in [0.717, 1.165) is 12.0 Å².